The molecule has 0 bridgehead atoms. The molecular weight excluding hydrogens is 270 g/mol. The Morgan fingerprint density at radius 2 is 2.19 bits per heavy atom. The highest BCUT2D eigenvalue weighted by Gasteiger charge is 2.41. The number of non-ortho nitro benzene ring substituents is 1. The van der Waals surface area contributed by atoms with E-state index in [0.29, 0.717) is 5.52 Å². The van der Waals surface area contributed by atoms with Crippen LogP contribution in [0.25, 0.3) is 10.9 Å². The first-order valence-corrected chi connectivity index (χ1v) is 7.02. The zero-order valence-electron chi connectivity index (χ0n) is 11.6. The van der Waals surface area contributed by atoms with E-state index in [1.54, 1.807) is 12.3 Å². The number of hydrogen-bond acceptors (Lipinski definition) is 5. The second-order valence-electron chi connectivity index (χ2n) is 5.62. The van der Waals surface area contributed by atoms with E-state index >= 15 is 0 Å². The summed E-state index contributed by atoms with van der Waals surface area (Å²) in [6.45, 7) is 0.972. The summed E-state index contributed by atoms with van der Waals surface area (Å²) in [5.74, 6) is 0. The molecule has 0 unspecified atom stereocenters. The third-order valence-corrected chi connectivity index (χ3v) is 4.20. The molecular formula is C15H17N3O3. The van der Waals surface area contributed by atoms with Crippen LogP contribution < -0.4 is 5.32 Å². The summed E-state index contributed by atoms with van der Waals surface area (Å²) in [4.78, 5) is 14.8. The van der Waals surface area contributed by atoms with Crippen molar-refractivity contribution >= 4 is 22.3 Å². The Morgan fingerprint density at radius 3 is 2.86 bits per heavy atom. The van der Waals surface area contributed by atoms with Crippen LogP contribution in [0.3, 0.4) is 0 Å². The summed E-state index contributed by atoms with van der Waals surface area (Å²) in [5.41, 5.74) is 1.46. The molecule has 1 saturated carbocycles. The highest BCUT2D eigenvalue weighted by Crippen LogP contribution is 2.48. The smallest absolute Gasteiger partial charge is 0.295 e. The highest BCUT2D eigenvalue weighted by molar-refractivity contribution is 5.96. The third-order valence-electron chi connectivity index (χ3n) is 4.20. The molecule has 0 spiro atoms. The van der Waals surface area contributed by atoms with E-state index < -0.39 is 4.92 Å². The number of nitrogens with zero attached hydrogens (tertiary/aromatic N) is 2. The van der Waals surface area contributed by atoms with Crippen molar-refractivity contribution in [3.8, 4) is 0 Å². The second-order valence-corrected chi connectivity index (χ2v) is 5.62. The maximum atomic E-state index is 11.1. The van der Waals surface area contributed by atoms with Gasteiger partial charge in [0.25, 0.3) is 5.69 Å². The Hall–Kier alpha value is -2.21. The number of nitro benzene ring substituents is 1. The number of rotatable bonds is 6. The molecule has 2 aromatic rings. The standard InChI is InChI=1S/C15H17N3O3/c19-9-7-15(5-6-15)10-17-12-4-8-16-14-11(12)2-1-3-13(14)18(20)21/h1-4,8,19H,5-7,9-10H2,(H,16,17). The van der Waals surface area contributed by atoms with Gasteiger partial charge >= 0.3 is 0 Å². The minimum absolute atomic E-state index is 0.0210. The molecule has 0 aliphatic heterocycles. The van der Waals surface area contributed by atoms with Gasteiger partial charge in [-0.3, -0.25) is 10.1 Å². The molecule has 1 fully saturated rings. The zero-order valence-corrected chi connectivity index (χ0v) is 11.6. The number of para-hydroxylation sites is 1. The average molecular weight is 287 g/mol. The number of benzene rings is 1. The molecule has 1 aliphatic rings. The Morgan fingerprint density at radius 1 is 1.38 bits per heavy atom. The van der Waals surface area contributed by atoms with Crippen molar-refractivity contribution in [1.82, 2.24) is 4.98 Å². The molecule has 2 N–H and O–H groups in total. The van der Waals surface area contributed by atoms with Gasteiger partial charge in [0.1, 0.15) is 5.52 Å². The molecule has 6 nitrogen and oxygen atoms in total. The molecule has 0 radical (unpaired) electrons. The molecule has 0 amide bonds. The molecule has 1 heterocycles. The van der Waals surface area contributed by atoms with Crippen LogP contribution >= 0.6 is 0 Å². The molecule has 1 aromatic carbocycles. The van der Waals surface area contributed by atoms with Crippen molar-refractivity contribution in [1.29, 1.82) is 0 Å². The van der Waals surface area contributed by atoms with E-state index in [-0.39, 0.29) is 17.7 Å². The fourth-order valence-electron chi connectivity index (χ4n) is 2.67. The maximum Gasteiger partial charge on any atom is 0.295 e. The van der Waals surface area contributed by atoms with E-state index in [1.807, 2.05) is 12.1 Å². The predicted octanol–water partition coefficient (Wildman–Crippen LogP) is 2.72. The van der Waals surface area contributed by atoms with Gasteiger partial charge in [0, 0.05) is 36.5 Å². The maximum absolute atomic E-state index is 11.1. The second kappa shape index (κ2) is 5.29. The number of aliphatic hydroxyl groups is 1. The van der Waals surface area contributed by atoms with Crippen LogP contribution in [0.1, 0.15) is 19.3 Å². The van der Waals surface area contributed by atoms with Crippen molar-refractivity contribution in [2.45, 2.75) is 19.3 Å². The lowest BCUT2D eigenvalue weighted by Gasteiger charge is -2.16. The Kier molecular flexibility index (Phi) is 3.47. The van der Waals surface area contributed by atoms with Gasteiger partial charge in [0.15, 0.2) is 0 Å². The van der Waals surface area contributed by atoms with Gasteiger partial charge in [-0.15, -0.1) is 0 Å². The van der Waals surface area contributed by atoms with E-state index in [2.05, 4.69) is 10.3 Å². The summed E-state index contributed by atoms with van der Waals surface area (Å²) in [7, 11) is 0. The molecule has 1 aliphatic carbocycles. The largest absolute Gasteiger partial charge is 0.396 e. The monoisotopic (exact) mass is 287 g/mol. The van der Waals surface area contributed by atoms with Crippen LogP contribution in [0.15, 0.2) is 30.5 Å². The lowest BCUT2D eigenvalue weighted by molar-refractivity contribution is -0.383. The van der Waals surface area contributed by atoms with Gasteiger partial charge in [0.05, 0.1) is 4.92 Å². The van der Waals surface area contributed by atoms with Crippen molar-refractivity contribution in [3.63, 3.8) is 0 Å². The van der Waals surface area contributed by atoms with Gasteiger partial charge in [-0.2, -0.15) is 0 Å². The zero-order chi connectivity index (χ0) is 14.9. The predicted molar refractivity (Wildman–Crippen MR) is 80.3 cm³/mol. The van der Waals surface area contributed by atoms with Crippen molar-refractivity contribution in [3.05, 3.63) is 40.6 Å². The Bertz CT molecular complexity index is 683. The SMILES string of the molecule is O=[N+]([O-])c1cccc2c(NCC3(CCO)CC3)ccnc12. The average Bonchev–Trinajstić information content (AvgIpc) is 3.25. The first-order valence-electron chi connectivity index (χ1n) is 7.02. The van der Waals surface area contributed by atoms with Crippen molar-refractivity contribution < 1.29 is 10.0 Å². The molecule has 3 rings (SSSR count). The quantitative estimate of drug-likeness (QED) is 0.630. The van der Waals surface area contributed by atoms with E-state index in [0.717, 1.165) is 36.9 Å². The molecule has 110 valence electrons. The normalized spacial score (nSPS) is 15.9. The highest BCUT2D eigenvalue weighted by atomic mass is 16.6. The van der Waals surface area contributed by atoms with Gasteiger partial charge in [-0.1, -0.05) is 12.1 Å². The Labute approximate surface area is 122 Å². The van der Waals surface area contributed by atoms with Gasteiger partial charge in [-0.05, 0) is 30.7 Å². The number of nitro groups is 1. The molecule has 0 saturated heterocycles. The van der Waals surface area contributed by atoms with E-state index in [4.69, 9.17) is 5.11 Å². The number of nitrogens with one attached hydrogen (secondary N) is 1. The number of hydrogen-bond donors (Lipinski definition) is 2. The Balaban J connectivity index is 1.89. The van der Waals surface area contributed by atoms with Crippen molar-refractivity contribution in [2.24, 2.45) is 5.41 Å². The fraction of sp³-hybridized carbons (Fsp3) is 0.400. The first kappa shape index (κ1) is 13.8. The lowest BCUT2D eigenvalue weighted by atomic mass is 10.0. The van der Waals surface area contributed by atoms with Gasteiger partial charge in [0.2, 0.25) is 0 Å². The summed E-state index contributed by atoms with van der Waals surface area (Å²) in [5, 5.41) is 24.3. The summed E-state index contributed by atoms with van der Waals surface area (Å²) in [6.07, 6.45) is 4.61. The van der Waals surface area contributed by atoms with E-state index in [1.165, 1.54) is 6.07 Å². The minimum atomic E-state index is -0.409. The number of fused-ring (bicyclic) bond motifs is 1. The van der Waals surface area contributed by atoms with Crippen LogP contribution in [0, 0.1) is 15.5 Å². The molecule has 0 atom stereocenters. The lowest BCUT2D eigenvalue weighted by Crippen LogP contribution is -2.17. The number of aliphatic hydroxyl groups excluding tert-OH is 1. The summed E-state index contributed by atoms with van der Waals surface area (Å²) < 4.78 is 0. The van der Waals surface area contributed by atoms with Crippen LogP contribution in [-0.2, 0) is 0 Å². The third kappa shape index (κ3) is 2.67. The van der Waals surface area contributed by atoms with Crippen LogP contribution in [0.5, 0.6) is 0 Å². The number of pyridine rings is 1. The van der Waals surface area contributed by atoms with Gasteiger partial charge < -0.3 is 10.4 Å². The van der Waals surface area contributed by atoms with Crippen molar-refractivity contribution in [2.75, 3.05) is 18.5 Å². The van der Waals surface area contributed by atoms with E-state index in [9.17, 15) is 10.1 Å². The first-order chi connectivity index (χ1) is 10.2. The molecule has 21 heavy (non-hydrogen) atoms. The minimum Gasteiger partial charge on any atom is -0.396 e. The van der Waals surface area contributed by atoms with Gasteiger partial charge in [-0.25, -0.2) is 4.98 Å². The molecule has 6 heteroatoms. The fourth-order valence-corrected chi connectivity index (χ4v) is 2.67. The number of aromatic nitrogens is 1. The number of anilines is 1. The van der Waals surface area contributed by atoms with Crippen LogP contribution in [0.4, 0.5) is 11.4 Å². The van der Waals surface area contributed by atoms with Crippen LogP contribution in [0.2, 0.25) is 0 Å². The summed E-state index contributed by atoms with van der Waals surface area (Å²) >= 11 is 0. The summed E-state index contributed by atoms with van der Waals surface area (Å²) in [6, 6.07) is 6.81. The topological polar surface area (TPSA) is 88.3 Å². The molecule has 1 aromatic heterocycles. The van der Waals surface area contributed by atoms with Crippen LogP contribution in [-0.4, -0.2) is 28.2 Å².